The van der Waals surface area contributed by atoms with E-state index in [0.717, 1.165) is 10.2 Å². The van der Waals surface area contributed by atoms with E-state index in [1.165, 1.54) is 59.7 Å². The zero-order chi connectivity index (χ0) is 24.9. The standard InChI is InChI=1S/C24H31N3O5S2/c1-17(2)19-8-11-21-22(16-19)33-24(26(21)3)25-23(28)18-6-9-20(10-7-18)34(29,30)27(12-14-31-4)13-15-32-5/h6-11,16-17H,12-15H2,1-5H3. The minimum atomic E-state index is -3.75. The lowest BCUT2D eigenvalue weighted by Gasteiger charge is -2.21. The van der Waals surface area contributed by atoms with Crippen LogP contribution < -0.4 is 4.80 Å². The summed E-state index contributed by atoms with van der Waals surface area (Å²) in [4.78, 5) is 17.8. The molecule has 0 saturated carbocycles. The molecule has 184 valence electrons. The summed E-state index contributed by atoms with van der Waals surface area (Å²) in [6.45, 7) is 5.23. The van der Waals surface area contributed by atoms with Crippen LogP contribution in [0.15, 0.2) is 52.4 Å². The second kappa shape index (κ2) is 11.4. The maximum atomic E-state index is 13.0. The Bertz CT molecular complexity index is 1300. The zero-order valence-electron chi connectivity index (χ0n) is 20.1. The van der Waals surface area contributed by atoms with Gasteiger partial charge in [0, 0.05) is 39.9 Å². The molecule has 3 aromatic rings. The Labute approximate surface area is 204 Å². The SMILES string of the molecule is COCCN(CCOC)S(=O)(=O)c1ccc(C(=O)N=c2sc3cc(C(C)C)ccc3n2C)cc1. The van der Waals surface area contributed by atoms with Gasteiger partial charge in [-0.2, -0.15) is 9.30 Å². The molecule has 3 rings (SSSR count). The van der Waals surface area contributed by atoms with Gasteiger partial charge in [-0.15, -0.1) is 0 Å². The largest absolute Gasteiger partial charge is 0.383 e. The second-order valence-corrected chi connectivity index (χ2v) is 11.1. The monoisotopic (exact) mass is 505 g/mol. The number of fused-ring (bicyclic) bond motifs is 1. The van der Waals surface area contributed by atoms with Crippen LogP contribution in [0, 0.1) is 0 Å². The van der Waals surface area contributed by atoms with E-state index < -0.39 is 15.9 Å². The average Bonchev–Trinajstić information content (AvgIpc) is 3.13. The highest BCUT2D eigenvalue weighted by atomic mass is 32.2. The van der Waals surface area contributed by atoms with E-state index in [4.69, 9.17) is 9.47 Å². The fraction of sp³-hybridized carbons (Fsp3) is 0.417. The van der Waals surface area contributed by atoms with E-state index in [1.54, 1.807) is 0 Å². The van der Waals surface area contributed by atoms with Crippen LogP contribution in [0.25, 0.3) is 10.2 Å². The van der Waals surface area contributed by atoms with E-state index >= 15 is 0 Å². The van der Waals surface area contributed by atoms with Gasteiger partial charge in [-0.1, -0.05) is 31.3 Å². The van der Waals surface area contributed by atoms with E-state index in [-0.39, 0.29) is 31.2 Å². The number of rotatable bonds is 10. The van der Waals surface area contributed by atoms with Crippen molar-refractivity contribution in [1.29, 1.82) is 0 Å². The normalized spacial score (nSPS) is 12.9. The first-order chi connectivity index (χ1) is 16.2. The lowest BCUT2D eigenvalue weighted by molar-refractivity contribution is 0.0998. The Hall–Kier alpha value is -2.37. The van der Waals surface area contributed by atoms with Crippen molar-refractivity contribution in [2.45, 2.75) is 24.7 Å². The van der Waals surface area contributed by atoms with Gasteiger partial charge in [0.2, 0.25) is 10.0 Å². The van der Waals surface area contributed by atoms with E-state index in [9.17, 15) is 13.2 Å². The topological polar surface area (TPSA) is 90.2 Å². The lowest BCUT2D eigenvalue weighted by atomic mass is 10.0. The van der Waals surface area contributed by atoms with Crippen molar-refractivity contribution in [3.63, 3.8) is 0 Å². The van der Waals surface area contributed by atoms with Gasteiger partial charge in [0.15, 0.2) is 4.80 Å². The maximum absolute atomic E-state index is 13.0. The van der Waals surface area contributed by atoms with E-state index in [0.29, 0.717) is 16.3 Å². The molecular weight excluding hydrogens is 474 g/mol. The number of methoxy groups -OCH3 is 2. The van der Waals surface area contributed by atoms with Gasteiger partial charge in [0.25, 0.3) is 5.91 Å². The molecule has 34 heavy (non-hydrogen) atoms. The Morgan fingerprint density at radius 3 is 2.24 bits per heavy atom. The number of benzene rings is 2. The number of aryl methyl sites for hydroxylation is 1. The molecule has 0 radical (unpaired) electrons. The van der Waals surface area contributed by atoms with Crippen molar-refractivity contribution in [2.24, 2.45) is 12.0 Å². The van der Waals surface area contributed by atoms with Crippen molar-refractivity contribution >= 4 is 37.5 Å². The number of sulfonamides is 1. The van der Waals surface area contributed by atoms with Crippen molar-refractivity contribution in [3.8, 4) is 0 Å². The van der Waals surface area contributed by atoms with Crippen LogP contribution in [0.1, 0.15) is 35.7 Å². The predicted molar refractivity (Wildman–Crippen MR) is 134 cm³/mol. The summed E-state index contributed by atoms with van der Waals surface area (Å²) in [7, 11) is 1.16. The molecule has 0 unspecified atom stereocenters. The van der Waals surface area contributed by atoms with Gasteiger partial charge in [-0.3, -0.25) is 4.79 Å². The van der Waals surface area contributed by atoms with Gasteiger partial charge in [0.1, 0.15) is 0 Å². The molecule has 10 heteroatoms. The Morgan fingerprint density at radius 1 is 1.06 bits per heavy atom. The molecule has 1 amide bonds. The predicted octanol–water partition coefficient (Wildman–Crippen LogP) is 3.39. The quantitative estimate of drug-likeness (QED) is 0.421. The van der Waals surface area contributed by atoms with Crippen molar-refractivity contribution in [1.82, 2.24) is 8.87 Å². The number of thiazole rings is 1. The molecule has 0 aliphatic heterocycles. The summed E-state index contributed by atoms with van der Waals surface area (Å²) >= 11 is 1.45. The molecule has 0 fully saturated rings. The summed E-state index contributed by atoms with van der Waals surface area (Å²) in [5.74, 6) is -0.0145. The molecule has 0 spiro atoms. The number of carbonyl (C=O) groups is 1. The van der Waals surface area contributed by atoms with Gasteiger partial charge >= 0.3 is 0 Å². The van der Waals surface area contributed by atoms with Crippen LogP contribution >= 0.6 is 11.3 Å². The Morgan fingerprint density at radius 2 is 1.68 bits per heavy atom. The summed E-state index contributed by atoms with van der Waals surface area (Å²) in [5.41, 5.74) is 2.56. The van der Waals surface area contributed by atoms with Gasteiger partial charge in [-0.25, -0.2) is 8.42 Å². The first-order valence-electron chi connectivity index (χ1n) is 11.0. The van der Waals surface area contributed by atoms with Gasteiger partial charge in [-0.05, 0) is 47.9 Å². The third kappa shape index (κ3) is 5.81. The van der Waals surface area contributed by atoms with Crippen molar-refractivity contribution in [2.75, 3.05) is 40.5 Å². The second-order valence-electron chi connectivity index (χ2n) is 8.16. The molecule has 0 bridgehead atoms. The Balaban J connectivity index is 1.87. The first kappa shape index (κ1) is 26.2. The van der Waals surface area contributed by atoms with Crippen LogP contribution in [-0.2, 0) is 26.5 Å². The molecule has 0 saturated heterocycles. The van der Waals surface area contributed by atoms with Crippen molar-refractivity contribution in [3.05, 3.63) is 58.4 Å². The number of aromatic nitrogens is 1. The highest BCUT2D eigenvalue weighted by molar-refractivity contribution is 7.89. The van der Waals surface area contributed by atoms with Crippen LogP contribution in [-0.4, -0.2) is 63.7 Å². The molecule has 0 aliphatic carbocycles. The van der Waals surface area contributed by atoms with Crippen molar-refractivity contribution < 1.29 is 22.7 Å². The molecule has 2 aromatic carbocycles. The molecule has 0 N–H and O–H groups in total. The molecule has 8 nitrogen and oxygen atoms in total. The van der Waals surface area contributed by atoms with Crippen LogP contribution in [0.4, 0.5) is 0 Å². The summed E-state index contributed by atoms with van der Waals surface area (Å²) < 4.78 is 40.4. The summed E-state index contributed by atoms with van der Waals surface area (Å²) in [6, 6.07) is 12.1. The fourth-order valence-corrected chi connectivity index (χ4v) is 5.90. The Kier molecular flexibility index (Phi) is 8.78. The van der Waals surface area contributed by atoms with Crippen LogP contribution in [0.2, 0.25) is 0 Å². The third-order valence-corrected chi connectivity index (χ3v) is 8.53. The van der Waals surface area contributed by atoms with Gasteiger partial charge in [0.05, 0.1) is 28.3 Å². The highest BCUT2D eigenvalue weighted by Crippen LogP contribution is 2.23. The summed E-state index contributed by atoms with van der Waals surface area (Å²) in [5, 5.41) is 0. The molecule has 1 heterocycles. The molecule has 0 aliphatic rings. The molecule has 0 atom stereocenters. The van der Waals surface area contributed by atoms with Crippen LogP contribution in [0.3, 0.4) is 0 Å². The van der Waals surface area contributed by atoms with E-state index in [2.05, 4.69) is 31.0 Å². The minimum absolute atomic E-state index is 0.102. The number of nitrogens with zero attached hydrogens (tertiary/aromatic N) is 3. The number of carbonyl (C=O) groups excluding carboxylic acids is 1. The zero-order valence-corrected chi connectivity index (χ0v) is 21.8. The number of amides is 1. The molecular formula is C24H31N3O5S2. The average molecular weight is 506 g/mol. The van der Waals surface area contributed by atoms with Gasteiger partial charge < -0.3 is 14.0 Å². The highest BCUT2D eigenvalue weighted by Gasteiger charge is 2.24. The molecule has 1 aromatic heterocycles. The minimum Gasteiger partial charge on any atom is -0.383 e. The number of hydrogen-bond donors (Lipinski definition) is 0. The van der Waals surface area contributed by atoms with Crippen LogP contribution in [0.5, 0.6) is 0 Å². The smallest absolute Gasteiger partial charge is 0.279 e. The lowest BCUT2D eigenvalue weighted by Crippen LogP contribution is -2.36. The maximum Gasteiger partial charge on any atom is 0.279 e. The van der Waals surface area contributed by atoms with E-state index in [1.807, 2.05) is 17.7 Å². The number of hydrogen-bond acceptors (Lipinski definition) is 6. The first-order valence-corrected chi connectivity index (χ1v) is 13.2. The summed E-state index contributed by atoms with van der Waals surface area (Å²) in [6.07, 6.45) is 0. The third-order valence-electron chi connectivity index (χ3n) is 5.53. The fourth-order valence-electron chi connectivity index (χ4n) is 3.42. The number of ether oxygens (including phenoxy) is 2.